The summed E-state index contributed by atoms with van der Waals surface area (Å²) in [5, 5.41) is 3.00. The summed E-state index contributed by atoms with van der Waals surface area (Å²) in [6.07, 6.45) is 1.61. The van der Waals surface area contributed by atoms with E-state index in [9.17, 15) is 13.2 Å². The Morgan fingerprint density at radius 1 is 1.21 bits per heavy atom. The second-order valence-electron chi connectivity index (χ2n) is 4.54. The highest BCUT2D eigenvalue weighted by Crippen LogP contribution is 2.27. The summed E-state index contributed by atoms with van der Waals surface area (Å²) in [6, 6.07) is 1.01. The van der Waals surface area contributed by atoms with Gasteiger partial charge in [-0.05, 0) is 18.9 Å². The largest absolute Gasteiger partial charge is 0.433 e. The molecule has 0 spiro atoms. The van der Waals surface area contributed by atoms with Crippen molar-refractivity contribution in [1.29, 1.82) is 0 Å². The van der Waals surface area contributed by atoms with Gasteiger partial charge in [-0.3, -0.25) is 0 Å². The molecule has 1 rings (SSSR count). The normalized spacial score (nSPS) is 13.3. The molecule has 3 nitrogen and oxygen atoms in total. The number of hydrogen-bond donors (Lipinski definition) is 1. The second kappa shape index (κ2) is 7.31. The molecule has 0 aliphatic rings. The Kier molecular flexibility index (Phi) is 6.05. The number of alkyl halides is 3. The topological polar surface area (TPSA) is 37.8 Å². The van der Waals surface area contributed by atoms with Crippen LogP contribution in [-0.4, -0.2) is 16.0 Å². The molecular weight excluding hydrogens is 255 g/mol. The highest BCUT2D eigenvalue weighted by molar-refractivity contribution is 5.27. The number of anilines is 1. The number of hydrogen-bond acceptors (Lipinski definition) is 3. The second-order valence-corrected chi connectivity index (χ2v) is 4.54. The van der Waals surface area contributed by atoms with Crippen molar-refractivity contribution in [2.24, 2.45) is 0 Å². The minimum atomic E-state index is -4.43. The van der Waals surface area contributed by atoms with Crippen molar-refractivity contribution >= 4 is 5.95 Å². The lowest BCUT2D eigenvalue weighted by molar-refractivity contribution is -0.141. The molecule has 0 bridgehead atoms. The number of rotatable bonds is 7. The molecule has 1 N–H and O–H groups in total. The van der Waals surface area contributed by atoms with Crippen molar-refractivity contribution in [3.63, 3.8) is 0 Å². The Bertz CT molecular complexity index is 380. The molecular formula is C13H20F3N3. The highest BCUT2D eigenvalue weighted by atomic mass is 19.4. The summed E-state index contributed by atoms with van der Waals surface area (Å²) in [5.74, 6) is 0.0596. The zero-order chi connectivity index (χ0) is 14.3. The standard InChI is InChI=1S/C13H20F3N3/c1-3-5-7-10(6-4-2)18-12-17-9-8-11(19-12)13(14,15)16/h8-10H,3-7H2,1-2H3,(H,17,18,19). The molecule has 0 aromatic carbocycles. The molecule has 108 valence electrons. The first-order valence-corrected chi connectivity index (χ1v) is 6.64. The van der Waals surface area contributed by atoms with Gasteiger partial charge in [0.15, 0.2) is 0 Å². The first kappa shape index (κ1) is 15.7. The van der Waals surface area contributed by atoms with Crippen molar-refractivity contribution in [3.05, 3.63) is 18.0 Å². The summed E-state index contributed by atoms with van der Waals surface area (Å²) >= 11 is 0. The molecule has 6 heteroatoms. The molecule has 0 radical (unpaired) electrons. The van der Waals surface area contributed by atoms with Crippen LogP contribution in [0.1, 0.15) is 51.6 Å². The minimum absolute atomic E-state index is 0.0596. The fourth-order valence-corrected chi connectivity index (χ4v) is 1.86. The monoisotopic (exact) mass is 275 g/mol. The van der Waals surface area contributed by atoms with Crippen LogP contribution >= 0.6 is 0 Å². The molecule has 1 unspecified atom stereocenters. The molecule has 0 aliphatic carbocycles. The van der Waals surface area contributed by atoms with Gasteiger partial charge >= 0.3 is 6.18 Å². The maximum atomic E-state index is 12.5. The van der Waals surface area contributed by atoms with Crippen LogP contribution in [0.2, 0.25) is 0 Å². The van der Waals surface area contributed by atoms with Crippen LogP contribution in [-0.2, 0) is 6.18 Å². The van der Waals surface area contributed by atoms with Crippen molar-refractivity contribution in [3.8, 4) is 0 Å². The van der Waals surface area contributed by atoms with Crippen molar-refractivity contribution in [1.82, 2.24) is 9.97 Å². The lowest BCUT2D eigenvalue weighted by Crippen LogP contribution is -2.21. The molecule has 1 atom stereocenters. The number of aromatic nitrogens is 2. The molecule has 1 heterocycles. The number of nitrogens with zero attached hydrogens (tertiary/aromatic N) is 2. The van der Waals surface area contributed by atoms with Gasteiger partial charge in [-0.2, -0.15) is 13.2 Å². The first-order valence-electron chi connectivity index (χ1n) is 6.64. The Morgan fingerprint density at radius 2 is 1.95 bits per heavy atom. The van der Waals surface area contributed by atoms with Crippen molar-refractivity contribution in [2.75, 3.05) is 5.32 Å². The Hall–Kier alpha value is -1.33. The third kappa shape index (κ3) is 5.44. The molecule has 0 fully saturated rings. The minimum Gasteiger partial charge on any atom is -0.351 e. The maximum Gasteiger partial charge on any atom is 0.433 e. The van der Waals surface area contributed by atoms with Crippen molar-refractivity contribution in [2.45, 2.75) is 58.2 Å². The smallest absolute Gasteiger partial charge is 0.351 e. The van der Waals surface area contributed by atoms with E-state index in [1.54, 1.807) is 0 Å². The molecule has 0 aliphatic heterocycles. The van der Waals surface area contributed by atoms with Gasteiger partial charge in [-0.15, -0.1) is 0 Å². The average Bonchev–Trinajstić information content (AvgIpc) is 2.35. The zero-order valence-electron chi connectivity index (χ0n) is 11.3. The summed E-state index contributed by atoms with van der Waals surface area (Å²) in [4.78, 5) is 7.39. The van der Waals surface area contributed by atoms with Gasteiger partial charge < -0.3 is 5.32 Å². The van der Waals surface area contributed by atoms with E-state index in [-0.39, 0.29) is 12.0 Å². The van der Waals surface area contributed by atoms with Gasteiger partial charge in [0.05, 0.1) is 0 Å². The van der Waals surface area contributed by atoms with Crippen LogP contribution in [0.3, 0.4) is 0 Å². The van der Waals surface area contributed by atoms with E-state index < -0.39 is 11.9 Å². The third-order valence-corrected chi connectivity index (χ3v) is 2.82. The Balaban J connectivity index is 2.73. The number of nitrogens with one attached hydrogen (secondary N) is 1. The van der Waals surface area contributed by atoms with Crippen LogP contribution in [0.25, 0.3) is 0 Å². The average molecular weight is 275 g/mol. The van der Waals surface area contributed by atoms with E-state index in [2.05, 4.69) is 22.2 Å². The molecule has 0 saturated heterocycles. The fourth-order valence-electron chi connectivity index (χ4n) is 1.86. The van der Waals surface area contributed by atoms with Crippen LogP contribution in [0.4, 0.5) is 19.1 Å². The first-order chi connectivity index (χ1) is 8.97. The predicted octanol–water partition coefficient (Wildman–Crippen LogP) is 4.27. The van der Waals surface area contributed by atoms with Crippen LogP contribution in [0.15, 0.2) is 12.3 Å². The quantitative estimate of drug-likeness (QED) is 0.807. The van der Waals surface area contributed by atoms with Crippen molar-refractivity contribution < 1.29 is 13.2 Å². The van der Waals surface area contributed by atoms with E-state index in [0.717, 1.165) is 44.4 Å². The number of unbranched alkanes of at least 4 members (excludes halogenated alkanes) is 1. The van der Waals surface area contributed by atoms with E-state index >= 15 is 0 Å². The van der Waals surface area contributed by atoms with Gasteiger partial charge in [-0.1, -0.05) is 33.1 Å². The zero-order valence-corrected chi connectivity index (χ0v) is 11.3. The summed E-state index contributed by atoms with van der Waals surface area (Å²) in [6.45, 7) is 4.14. The van der Waals surface area contributed by atoms with Gasteiger partial charge in [0, 0.05) is 12.2 Å². The lowest BCUT2D eigenvalue weighted by atomic mass is 10.1. The molecule has 1 aromatic heterocycles. The summed E-state index contributed by atoms with van der Waals surface area (Å²) in [7, 11) is 0. The molecule has 19 heavy (non-hydrogen) atoms. The third-order valence-electron chi connectivity index (χ3n) is 2.82. The molecule has 0 amide bonds. The fraction of sp³-hybridized carbons (Fsp3) is 0.692. The van der Waals surface area contributed by atoms with Crippen LogP contribution in [0.5, 0.6) is 0 Å². The molecule has 0 saturated carbocycles. The van der Waals surface area contributed by atoms with Gasteiger partial charge in [-0.25, -0.2) is 9.97 Å². The highest BCUT2D eigenvalue weighted by Gasteiger charge is 2.32. The maximum absolute atomic E-state index is 12.5. The van der Waals surface area contributed by atoms with E-state index in [1.165, 1.54) is 0 Å². The SMILES string of the molecule is CCCCC(CCC)Nc1nccc(C(F)(F)F)n1. The van der Waals surface area contributed by atoms with Crippen LogP contribution in [0, 0.1) is 0 Å². The summed E-state index contributed by atoms with van der Waals surface area (Å²) < 4.78 is 37.6. The van der Waals surface area contributed by atoms with Gasteiger partial charge in [0.25, 0.3) is 0 Å². The Morgan fingerprint density at radius 3 is 2.53 bits per heavy atom. The van der Waals surface area contributed by atoms with E-state index in [0.29, 0.717) is 0 Å². The van der Waals surface area contributed by atoms with E-state index in [4.69, 9.17) is 0 Å². The summed E-state index contributed by atoms with van der Waals surface area (Å²) in [5.41, 5.74) is -0.907. The predicted molar refractivity (Wildman–Crippen MR) is 68.9 cm³/mol. The Labute approximate surface area is 111 Å². The van der Waals surface area contributed by atoms with Crippen LogP contribution < -0.4 is 5.32 Å². The molecule has 1 aromatic rings. The van der Waals surface area contributed by atoms with Gasteiger partial charge in [0.1, 0.15) is 5.69 Å². The lowest BCUT2D eigenvalue weighted by Gasteiger charge is -2.18. The van der Waals surface area contributed by atoms with Gasteiger partial charge in [0.2, 0.25) is 5.95 Å². The number of halogens is 3. The van der Waals surface area contributed by atoms with E-state index in [1.807, 2.05) is 6.92 Å².